The number of hydrogen-bond acceptors (Lipinski definition) is 4. The van der Waals surface area contributed by atoms with Gasteiger partial charge in [-0.15, -0.1) is 0 Å². The molecule has 1 aromatic heterocycles. The Balaban J connectivity index is 1.62. The Morgan fingerprint density at radius 1 is 1.23 bits per heavy atom. The van der Waals surface area contributed by atoms with Crippen LogP contribution in [0.2, 0.25) is 0 Å². The van der Waals surface area contributed by atoms with Crippen LogP contribution in [0.3, 0.4) is 0 Å². The van der Waals surface area contributed by atoms with Crippen LogP contribution in [0.25, 0.3) is 0 Å². The van der Waals surface area contributed by atoms with E-state index in [4.69, 9.17) is 0 Å². The summed E-state index contributed by atoms with van der Waals surface area (Å²) >= 11 is 0. The minimum Gasteiger partial charge on any atom is -0.341 e. The van der Waals surface area contributed by atoms with Gasteiger partial charge in [0.05, 0.1) is 23.2 Å². The van der Waals surface area contributed by atoms with E-state index in [1.165, 1.54) is 25.7 Å². The van der Waals surface area contributed by atoms with Crippen LogP contribution in [0.5, 0.6) is 0 Å². The van der Waals surface area contributed by atoms with E-state index in [0.29, 0.717) is 19.4 Å². The number of carbonyl (C=O) groups excluding carboxylic acids is 1. The Hall–Kier alpha value is -1.37. The third-order valence-electron chi connectivity index (χ3n) is 6.09. The number of amides is 1. The van der Waals surface area contributed by atoms with Gasteiger partial charge in [-0.1, -0.05) is 25.7 Å². The Morgan fingerprint density at radius 3 is 2.54 bits per heavy atom. The van der Waals surface area contributed by atoms with E-state index in [9.17, 15) is 13.2 Å². The van der Waals surface area contributed by atoms with Crippen LogP contribution in [0.15, 0.2) is 0 Å². The second-order valence-corrected chi connectivity index (χ2v) is 10.3. The summed E-state index contributed by atoms with van der Waals surface area (Å²) in [6.07, 6.45) is 7.40. The highest BCUT2D eigenvalue weighted by Gasteiger charge is 2.31. The molecule has 1 aromatic rings. The lowest BCUT2D eigenvalue weighted by molar-refractivity contribution is -0.130. The fraction of sp³-hybridized carbons (Fsp3) is 0.789. The zero-order chi connectivity index (χ0) is 18.9. The quantitative estimate of drug-likeness (QED) is 0.759. The molecule has 0 aromatic carbocycles. The summed E-state index contributed by atoms with van der Waals surface area (Å²) in [6, 6.07) is -0.0733. The van der Waals surface area contributed by atoms with Gasteiger partial charge in [0.1, 0.15) is 0 Å². The summed E-state index contributed by atoms with van der Waals surface area (Å²) in [6.45, 7) is 4.47. The summed E-state index contributed by atoms with van der Waals surface area (Å²) in [5, 5.41) is 4.59. The average Bonchev–Trinajstić information content (AvgIpc) is 3.28. The zero-order valence-electron chi connectivity index (χ0n) is 16.2. The van der Waals surface area contributed by atoms with Gasteiger partial charge in [-0.2, -0.15) is 5.10 Å². The van der Waals surface area contributed by atoms with Gasteiger partial charge in [-0.05, 0) is 32.6 Å². The van der Waals surface area contributed by atoms with E-state index < -0.39 is 9.84 Å². The maximum absolute atomic E-state index is 12.5. The first-order valence-corrected chi connectivity index (χ1v) is 11.6. The summed E-state index contributed by atoms with van der Waals surface area (Å²) in [4.78, 5) is 14.3. The molecule has 0 bridgehead atoms. The highest BCUT2D eigenvalue weighted by atomic mass is 32.2. The van der Waals surface area contributed by atoms with Crippen LogP contribution in [0.4, 0.5) is 0 Å². The average molecular weight is 382 g/mol. The molecule has 0 radical (unpaired) electrons. The van der Waals surface area contributed by atoms with Crippen molar-refractivity contribution in [3.05, 3.63) is 17.0 Å². The van der Waals surface area contributed by atoms with Crippen molar-refractivity contribution in [3.63, 3.8) is 0 Å². The first-order chi connectivity index (χ1) is 12.3. The second kappa shape index (κ2) is 7.71. The molecule has 0 N–H and O–H groups in total. The van der Waals surface area contributed by atoms with E-state index in [1.807, 2.05) is 25.6 Å². The summed E-state index contributed by atoms with van der Waals surface area (Å²) in [5.74, 6) is 1.32. The Bertz CT molecular complexity index is 763. The molecule has 6 nitrogen and oxygen atoms in total. The predicted octanol–water partition coefficient (Wildman–Crippen LogP) is 2.79. The smallest absolute Gasteiger partial charge is 0.222 e. The van der Waals surface area contributed by atoms with Crippen molar-refractivity contribution >= 4 is 15.7 Å². The van der Waals surface area contributed by atoms with Gasteiger partial charge in [0.2, 0.25) is 5.91 Å². The molecule has 1 saturated heterocycles. The molecular weight excluding hydrogens is 350 g/mol. The summed E-state index contributed by atoms with van der Waals surface area (Å²) in [5.41, 5.74) is 2.92. The van der Waals surface area contributed by atoms with Gasteiger partial charge >= 0.3 is 0 Å². The standard InChI is InChI=1S/C19H31N3O3S/c1-14-18(12-21(3)19(23)9-8-16-6-4-5-7-16)15(2)22(20-14)17-10-11-26(24,25)13-17/h16-17H,4-13H2,1-3H3/t17-/m0/s1. The van der Waals surface area contributed by atoms with Gasteiger partial charge in [0, 0.05) is 31.3 Å². The summed E-state index contributed by atoms with van der Waals surface area (Å²) in [7, 11) is -1.09. The normalized spacial score (nSPS) is 22.8. The van der Waals surface area contributed by atoms with Crippen LogP contribution in [-0.4, -0.2) is 47.6 Å². The van der Waals surface area contributed by atoms with Crippen molar-refractivity contribution < 1.29 is 13.2 Å². The van der Waals surface area contributed by atoms with E-state index in [1.54, 1.807) is 4.90 Å². The van der Waals surface area contributed by atoms with E-state index >= 15 is 0 Å². The van der Waals surface area contributed by atoms with Crippen molar-refractivity contribution in [2.75, 3.05) is 18.6 Å². The first kappa shape index (κ1) is 19.4. The van der Waals surface area contributed by atoms with E-state index in [-0.39, 0.29) is 23.5 Å². The lowest BCUT2D eigenvalue weighted by Crippen LogP contribution is -2.27. The van der Waals surface area contributed by atoms with Crippen molar-refractivity contribution in [3.8, 4) is 0 Å². The Kier molecular flexibility index (Phi) is 5.75. The van der Waals surface area contributed by atoms with Crippen LogP contribution in [0.1, 0.15) is 67.9 Å². The van der Waals surface area contributed by atoms with Crippen LogP contribution >= 0.6 is 0 Å². The molecule has 2 aliphatic rings. The number of aryl methyl sites for hydroxylation is 1. The lowest BCUT2D eigenvalue weighted by Gasteiger charge is -2.19. The van der Waals surface area contributed by atoms with Crippen LogP contribution in [-0.2, 0) is 21.2 Å². The fourth-order valence-corrected chi connectivity index (χ4v) is 6.08. The molecule has 26 heavy (non-hydrogen) atoms. The number of hydrogen-bond donors (Lipinski definition) is 0. The molecule has 146 valence electrons. The highest BCUT2D eigenvalue weighted by Crippen LogP contribution is 2.29. The minimum atomic E-state index is -2.94. The molecule has 7 heteroatoms. The van der Waals surface area contributed by atoms with Gasteiger partial charge in [-0.25, -0.2) is 8.42 Å². The first-order valence-electron chi connectivity index (χ1n) is 9.76. The minimum absolute atomic E-state index is 0.0733. The molecule has 1 saturated carbocycles. The molecule has 0 spiro atoms. The molecule has 2 heterocycles. The van der Waals surface area contributed by atoms with Crippen LogP contribution < -0.4 is 0 Å². The second-order valence-electron chi connectivity index (χ2n) is 8.09. The van der Waals surface area contributed by atoms with Crippen molar-refractivity contribution in [2.45, 2.75) is 71.4 Å². The number of carbonyl (C=O) groups is 1. The summed E-state index contributed by atoms with van der Waals surface area (Å²) < 4.78 is 25.4. The third-order valence-corrected chi connectivity index (χ3v) is 7.84. The predicted molar refractivity (Wildman–Crippen MR) is 102 cm³/mol. The number of aromatic nitrogens is 2. The molecule has 1 amide bonds. The van der Waals surface area contributed by atoms with Gasteiger partial charge in [0.15, 0.2) is 9.84 Å². The van der Waals surface area contributed by atoms with Crippen molar-refractivity contribution in [1.82, 2.24) is 14.7 Å². The molecule has 1 aliphatic heterocycles. The van der Waals surface area contributed by atoms with E-state index in [0.717, 1.165) is 29.3 Å². The van der Waals surface area contributed by atoms with Gasteiger partial charge in [0.25, 0.3) is 0 Å². The number of sulfone groups is 1. The number of rotatable bonds is 6. The molecular formula is C19H31N3O3S. The SMILES string of the molecule is Cc1nn([C@H]2CCS(=O)(=O)C2)c(C)c1CN(C)C(=O)CCC1CCCC1. The highest BCUT2D eigenvalue weighted by molar-refractivity contribution is 7.91. The van der Waals surface area contributed by atoms with Gasteiger partial charge < -0.3 is 4.90 Å². The topological polar surface area (TPSA) is 72.3 Å². The monoisotopic (exact) mass is 381 g/mol. The number of nitrogens with zero attached hydrogens (tertiary/aromatic N) is 3. The largest absolute Gasteiger partial charge is 0.341 e. The van der Waals surface area contributed by atoms with E-state index in [2.05, 4.69) is 5.10 Å². The Labute approximate surface area is 156 Å². The fourth-order valence-electron chi connectivity index (χ4n) is 4.39. The maximum atomic E-state index is 12.5. The zero-order valence-corrected chi connectivity index (χ0v) is 17.0. The van der Waals surface area contributed by atoms with Crippen molar-refractivity contribution in [2.24, 2.45) is 5.92 Å². The maximum Gasteiger partial charge on any atom is 0.222 e. The van der Waals surface area contributed by atoms with Crippen LogP contribution in [0, 0.1) is 19.8 Å². The molecule has 2 fully saturated rings. The molecule has 1 aliphatic carbocycles. The van der Waals surface area contributed by atoms with Crippen molar-refractivity contribution in [1.29, 1.82) is 0 Å². The third kappa shape index (κ3) is 4.30. The lowest BCUT2D eigenvalue weighted by atomic mass is 10.0. The molecule has 0 unspecified atom stereocenters. The molecule has 1 atom stereocenters. The van der Waals surface area contributed by atoms with Gasteiger partial charge in [-0.3, -0.25) is 9.48 Å². The Morgan fingerprint density at radius 2 is 1.92 bits per heavy atom. The molecule has 3 rings (SSSR count).